The van der Waals surface area contributed by atoms with Crippen molar-refractivity contribution in [2.24, 2.45) is 0 Å². The first-order chi connectivity index (χ1) is 26.8. The van der Waals surface area contributed by atoms with Crippen LogP contribution in [0.3, 0.4) is 0 Å². The minimum absolute atomic E-state index is 0.0169. The van der Waals surface area contributed by atoms with Crippen LogP contribution >= 0.6 is 0 Å². The molecule has 0 bridgehead atoms. The molecule has 56 heavy (non-hydrogen) atoms. The van der Waals surface area contributed by atoms with E-state index in [1.807, 2.05) is 24.5 Å². The first-order valence-corrected chi connectivity index (χ1v) is 23.0. The van der Waals surface area contributed by atoms with E-state index in [4.69, 9.17) is 9.97 Å². The number of benzene rings is 5. The summed E-state index contributed by atoms with van der Waals surface area (Å²) >= 11 is 0. The maximum Gasteiger partial charge on any atom is 0.251 e. The lowest BCUT2D eigenvalue weighted by atomic mass is 9.33. The van der Waals surface area contributed by atoms with Crippen molar-refractivity contribution in [1.29, 1.82) is 0 Å². The molecule has 274 valence electrons. The van der Waals surface area contributed by atoms with Gasteiger partial charge in [-0.25, -0.2) is 0 Å². The number of aromatic nitrogens is 2. The quantitative estimate of drug-likeness (QED) is 0.168. The molecule has 0 fully saturated rings. The topological polar surface area (TPSA) is 32.3 Å². The Morgan fingerprint density at radius 2 is 0.857 bits per heavy atom. The van der Waals surface area contributed by atoms with Crippen LogP contribution in [0.2, 0.25) is 13.1 Å². The van der Waals surface area contributed by atoms with E-state index < -0.39 is 8.07 Å². The van der Waals surface area contributed by atoms with Gasteiger partial charge in [0, 0.05) is 46.3 Å². The smallest absolute Gasteiger partial charge is 0.251 e. The second-order valence-corrected chi connectivity index (χ2v) is 22.6. The van der Waals surface area contributed by atoms with Crippen molar-refractivity contribution >= 4 is 75.7 Å². The number of hydrogen-bond acceptors (Lipinski definition) is 4. The zero-order valence-electron chi connectivity index (χ0n) is 33.6. The number of anilines is 6. The fourth-order valence-electron chi connectivity index (χ4n) is 9.63. The first-order valence-electron chi connectivity index (χ1n) is 20.0. The van der Waals surface area contributed by atoms with Crippen molar-refractivity contribution in [3.63, 3.8) is 0 Å². The third kappa shape index (κ3) is 5.04. The SMILES string of the molecule is CC(C)(C)c1ccc(N2c3cccc4c3B3c5c2cccc5[Si](C)(C)c2cccc(c23)N4c2ccc(C(C)(C)C)cc2-c2ccccn2)c(-c2ccccn2)c1. The predicted octanol–water partition coefficient (Wildman–Crippen LogP) is 9.62. The van der Waals surface area contributed by atoms with Gasteiger partial charge in [0.25, 0.3) is 6.71 Å². The van der Waals surface area contributed by atoms with E-state index in [0.29, 0.717) is 0 Å². The zero-order chi connectivity index (χ0) is 38.7. The Bertz CT molecular complexity index is 2530. The van der Waals surface area contributed by atoms with Crippen LogP contribution in [0.4, 0.5) is 34.1 Å². The van der Waals surface area contributed by atoms with E-state index in [2.05, 4.69) is 180 Å². The molecule has 2 aromatic heterocycles. The Hall–Kier alpha value is -5.72. The van der Waals surface area contributed by atoms with Crippen LogP contribution in [0.5, 0.6) is 0 Å². The van der Waals surface area contributed by atoms with Gasteiger partial charge < -0.3 is 9.80 Å². The maximum atomic E-state index is 4.96. The summed E-state index contributed by atoms with van der Waals surface area (Å²) in [4.78, 5) is 15.0. The number of nitrogens with zero attached hydrogens (tertiary/aromatic N) is 4. The van der Waals surface area contributed by atoms with Crippen LogP contribution in [0, 0.1) is 0 Å². The summed E-state index contributed by atoms with van der Waals surface area (Å²) in [5.74, 6) is 0. The van der Waals surface area contributed by atoms with Gasteiger partial charge in [0.2, 0.25) is 0 Å². The van der Waals surface area contributed by atoms with Gasteiger partial charge in [0.15, 0.2) is 0 Å². The lowest BCUT2D eigenvalue weighted by Crippen LogP contribution is -2.79. The Balaban J connectivity index is 1.31. The van der Waals surface area contributed by atoms with E-state index in [1.165, 1.54) is 60.6 Å². The highest BCUT2D eigenvalue weighted by molar-refractivity contribution is 7.16. The van der Waals surface area contributed by atoms with Crippen molar-refractivity contribution in [3.8, 4) is 22.5 Å². The fourth-order valence-corrected chi connectivity index (χ4v) is 12.8. The fraction of sp³-hybridized carbons (Fsp3) is 0.200. The van der Waals surface area contributed by atoms with Gasteiger partial charge in [-0.15, -0.1) is 0 Å². The summed E-state index contributed by atoms with van der Waals surface area (Å²) in [6, 6.07) is 47.8. The molecule has 6 heteroatoms. The minimum atomic E-state index is -2.17. The molecule has 3 aliphatic heterocycles. The summed E-state index contributed by atoms with van der Waals surface area (Å²) in [5.41, 5.74) is 18.4. The third-order valence-electron chi connectivity index (χ3n) is 12.5. The van der Waals surface area contributed by atoms with Crippen LogP contribution in [0.25, 0.3) is 22.5 Å². The van der Waals surface area contributed by atoms with Gasteiger partial charge in [-0.3, -0.25) is 9.97 Å². The van der Waals surface area contributed by atoms with Gasteiger partial charge in [0.1, 0.15) is 8.07 Å². The van der Waals surface area contributed by atoms with E-state index in [9.17, 15) is 0 Å². The molecule has 5 heterocycles. The molecule has 0 atom stereocenters. The van der Waals surface area contributed by atoms with Gasteiger partial charge in [-0.1, -0.05) is 120 Å². The lowest BCUT2D eigenvalue weighted by Gasteiger charge is -2.50. The normalized spacial score (nSPS) is 14.8. The van der Waals surface area contributed by atoms with Crippen molar-refractivity contribution in [3.05, 3.63) is 151 Å². The monoisotopic (exact) mass is 742 g/mol. The highest BCUT2D eigenvalue weighted by Gasteiger charge is 2.51. The molecule has 7 aromatic rings. The summed E-state index contributed by atoms with van der Waals surface area (Å²) in [7, 11) is -2.17. The Morgan fingerprint density at radius 1 is 0.446 bits per heavy atom. The molecule has 10 rings (SSSR count). The molecule has 0 saturated heterocycles. The molecule has 0 aliphatic carbocycles. The van der Waals surface area contributed by atoms with Gasteiger partial charge >= 0.3 is 0 Å². The van der Waals surface area contributed by atoms with E-state index in [-0.39, 0.29) is 17.5 Å². The average Bonchev–Trinajstić information content (AvgIpc) is 3.19. The number of hydrogen-bond donors (Lipinski definition) is 0. The van der Waals surface area contributed by atoms with E-state index in [1.54, 1.807) is 0 Å². The van der Waals surface area contributed by atoms with Crippen LogP contribution in [0.15, 0.2) is 140 Å². The van der Waals surface area contributed by atoms with Crippen LogP contribution in [-0.4, -0.2) is 24.8 Å². The standard InChI is InChI=1S/C50H47BN4Si/c1-49(2,3)32-24-26-38(34(30-32)36-16-9-11-28-52-36)54-40-18-13-19-41-46(40)51-47-42(54)20-14-22-44(47)56(7,8)45-23-15-21-43(48(45)51)55(41)39-27-25-33(50(4,5)6)31-35(39)37-17-10-12-29-53-37/h9-31H,1-8H3. The van der Waals surface area contributed by atoms with Crippen LogP contribution in [-0.2, 0) is 10.8 Å². The molecule has 0 amide bonds. The molecule has 5 aromatic carbocycles. The summed E-state index contributed by atoms with van der Waals surface area (Å²) < 4.78 is 0. The number of pyridine rings is 2. The second kappa shape index (κ2) is 12.1. The van der Waals surface area contributed by atoms with Crippen molar-refractivity contribution in [2.75, 3.05) is 9.80 Å². The first kappa shape index (κ1) is 34.7. The second-order valence-electron chi connectivity index (χ2n) is 18.3. The molecule has 0 spiro atoms. The average molecular weight is 743 g/mol. The largest absolute Gasteiger partial charge is 0.311 e. The molecule has 0 radical (unpaired) electrons. The van der Waals surface area contributed by atoms with Crippen molar-refractivity contribution < 1.29 is 0 Å². The van der Waals surface area contributed by atoms with Gasteiger partial charge in [0.05, 0.1) is 22.8 Å². The Kier molecular flexibility index (Phi) is 7.53. The molecular weight excluding hydrogens is 695 g/mol. The maximum absolute atomic E-state index is 4.96. The lowest BCUT2D eigenvalue weighted by molar-refractivity contribution is 0.590. The summed E-state index contributed by atoms with van der Waals surface area (Å²) in [6.45, 7) is 19.0. The predicted molar refractivity (Wildman–Crippen MR) is 241 cm³/mol. The number of rotatable bonds is 4. The molecular formula is C50H47BN4Si. The molecule has 3 aliphatic rings. The highest BCUT2D eigenvalue weighted by Crippen LogP contribution is 2.49. The minimum Gasteiger partial charge on any atom is -0.311 e. The van der Waals surface area contributed by atoms with Crippen LogP contribution in [0.1, 0.15) is 52.7 Å². The highest BCUT2D eigenvalue weighted by atomic mass is 28.3. The van der Waals surface area contributed by atoms with Gasteiger partial charge in [-0.2, -0.15) is 0 Å². The van der Waals surface area contributed by atoms with Crippen molar-refractivity contribution in [2.45, 2.75) is 65.5 Å². The zero-order valence-corrected chi connectivity index (χ0v) is 34.6. The third-order valence-corrected chi connectivity index (χ3v) is 16.1. The molecule has 0 saturated carbocycles. The van der Waals surface area contributed by atoms with Crippen molar-refractivity contribution in [1.82, 2.24) is 9.97 Å². The Morgan fingerprint density at radius 3 is 1.25 bits per heavy atom. The Labute approximate surface area is 333 Å². The van der Waals surface area contributed by atoms with E-state index >= 15 is 0 Å². The molecule has 0 unspecified atom stereocenters. The summed E-state index contributed by atoms with van der Waals surface area (Å²) in [6.07, 6.45) is 3.83. The van der Waals surface area contributed by atoms with Crippen LogP contribution < -0.4 is 36.6 Å². The van der Waals surface area contributed by atoms with Gasteiger partial charge in [-0.05, 0) is 111 Å². The summed E-state index contributed by atoms with van der Waals surface area (Å²) in [5, 5.41) is 3.05. The molecule has 4 nitrogen and oxygen atoms in total. The molecule has 0 N–H and O–H groups in total. The van der Waals surface area contributed by atoms with E-state index in [0.717, 1.165) is 33.9 Å².